The Bertz CT molecular complexity index is 1230. The van der Waals surface area contributed by atoms with Gasteiger partial charge in [-0.15, -0.1) is 0 Å². The highest BCUT2D eigenvalue weighted by Crippen LogP contribution is 2.28. The molecule has 0 saturated carbocycles. The Balaban J connectivity index is 1.42. The summed E-state index contributed by atoms with van der Waals surface area (Å²) in [6.45, 7) is 1.95. The molecule has 2 aromatic heterocycles. The van der Waals surface area contributed by atoms with Crippen molar-refractivity contribution in [3.63, 3.8) is 0 Å². The minimum atomic E-state index is -0.427. The summed E-state index contributed by atoms with van der Waals surface area (Å²) in [7, 11) is 0. The number of aromatic nitrogens is 1. The number of hydrogen-bond acceptors (Lipinski definition) is 6. The van der Waals surface area contributed by atoms with Crippen LogP contribution in [0.15, 0.2) is 52.9 Å². The van der Waals surface area contributed by atoms with Crippen molar-refractivity contribution < 1.29 is 14.0 Å². The molecule has 2 heterocycles. The van der Waals surface area contributed by atoms with Crippen LogP contribution < -0.4 is 16.0 Å². The van der Waals surface area contributed by atoms with E-state index in [0.29, 0.717) is 22.8 Å². The minimum absolute atomic E-state index is 0.0515. The lowest BCUT2D eigenvalue weighted by Gasteiger charge is -2.08. The fraction of sp³-hybridized carbons (Fsp3) is 0.143. The monoisotopic (exact) mass is 438 g/mol. The van der Waals surface area contributed by atoms with E-state index in [1.54, 1.807) is 18.2 Å². The van der Waals surface area contributed by atoms with Crippen LogP contribution in [0.25, 0.3) is 21.2 Å². The van der Waals surface area contributed by atoms with E-state index in [9.17, 15) is 9.59 Å². The third kappa shape index (κ3) is 4.47. The Hall–Kier alpha value is -3.30. The average molecular weight is 439 g/mol. The van der Waals surface area contributed by atoms with Crippen LogP contribution >= 0.6 is 23.6 Å². The first-order chi connectivity index (χ1) is 14.5. The van der Waals surface area contributed by atoms with E-state index >= 15 is 0 Å². The molecule has 0 bridgehead atoms. The lowest BCUT2D eigenvalue weighted by Crippen LogP contribution is -2.33. The van der Waals surface area contributed by atoms with Gasteiger partial charge in [0.2, 0.25) is 5.91 Å². The van der Waals surface area contributed by atoms with E-state index in [4.69, 9.17) is 16.6 Å². The van der Waals surface area contributed by atoms with Crippen LogP contribution in [0.1, 0.15) is 30.3 Å². The van der Waals surface area contributed by atoms with Gasteiger partial charge in [0.1, 0.15) is 5.58 Å². The molecule has 9 heteroatoms. The smallest absolute Gasteiger partial charge is 0.293 e. The highest BCUT2D eigenvalue weighted by atomic mass is 32.1. The first kappa shape index (κ1) is 20.0. The number of anilines is 2. The molecule has 30 heavy (non-hydrogen) atoms. The third-order valence-electron chi connectivity index (χ3n) is 4.25. The van der Waals surface area contributed by atoms with Crippen LogP contribution in [0.5, 0.6) is 0 Å². The molecule has 0 aliphatic heterocycles. The highest BCUT2D eigenvalue weighted by Gasteiger charge is 2.14. The number of benzene rings is 2. The Morgan fingerprint density at radius 1 is 1.13 bits per heavy atom. The van der Waals surface area contributed by atoms with Crippen molar-refractivity contribution in [1.29, 1.82) is 0 Å². The number of nitrogens with one attached hydrogen (secondary N) is 3. The van der Waals surface area contributed by atoms with Gasteiger partial charge in [0.15, 0.2) is 16.0 Å². The second-order valence-electron chi connectivity index (χ2n) is 6.56. The summed E-state index contributed by atoms with van der Waals surface area (Å²) in [6, 6.07) is 14.6. The standard InChI is InChI=1S/C21H18N4O3S2/c1-2-5-18(26)24-21-23-14-9-8-13(11-17(14)30-21)22-20(29)25-19(27)16-10-12-6-3-4-7-15(12)28-16/h3-4,6-11H,2,5H2,1H3,(H,23,24,26)(H2,22,25,27,29). The summed E-state index contributed by atoms with van der Waals surface area (Å²) >= 11 is 6.63. The number of rotatable bonds is 5. The van der Waals surface area contributed by atoms with Crippen LogP contribution in [0, 0.1) is 0 Å². The number of fused-ring (bicyclic) bond motifs is 2. The van der Waals surface area contributed by atoms with Gasteiger partial charge in [-0.25, -0.2) is 4.98 Å². The fourth-order valence-corrected chi connectivity index (χ4v) is 4.02. The van der Waals surface area contributed by atoms with E-state index in [1.165, 1.54) is 11.3 Å². The first-order valence-corrected chi connectivity index (χ1v) is 10.6. The summed E-state index contributed by atoms with van der Waals surface area (Å²) in [5.41, 5.74) is 2.11. The maximum Gasteiger partial charge on any atom is 0.293 e. The topological polar surface area (TPSA) is 96.3 Å². The second-order valence-corrected chi connectivity index (χ2v) is 8.00. The molecule has 0 aliphatic rings. The molecule has 0 saturated heterocycles. The van der Waals surface area contributed by atoms with Gasteiger partial charge in [0.25, 0.3) is 5.91 Å². The molecule has 4 rings (SSSR count). The zero-order chi connectivity index (χ0) is 21.1. The molecule has 152 valence electrons. The molecule has 0 radical (unpaired) electrons. The summed E-state index contributed by atoms with van der Waals surface area (Å²) in [6.07, 6.45) is 1.24. The zero-order valence-corrected chi connectivity index (χ0v) is 17.7. The van der Waals surface area contributed by atoms with Crippen LogP contribution in [0.4, 0.5) is 10.8 Å². The minimum Gasteiger partial charge on any atom is -0.451 e. The Kier molecular flexibility index (Phi) is 5.73. The van der Waals surface area contributed by atoms with Crippen LogP contribution in [-0.2, 0) is 4.79 Å². The highest BCUT2D eigenvalue weighted by molar-refractivity contribution is 7.80. The maximum absolute atomic E-state index is 12.4. The number of furan rings is 1. The Morgan fingerprint density at radius 3 is 2.77 bits per heavy atom. The van der Waals surface area contributed by atoms with Crippen molar-refractivity contribution in [3.8, 4) is 0 Å². The Morgan fingerprint density at radius 2 is 1.97 bits per heavy atom. The van der Waals surface area contributed by atoms with Gasteiger partial charge in [-0.3, -0.25) is 14.9 Å². The van der Waals surface area contributed by atoms with E-state index < -0.39 is 5.91 Å². The van der Waals surface area contributed by atoms with E-state index in [0.717, 1.165) is 22.0 Å². The molecular weight excluding hydrogens is 420 g/mol. The van der Waals surface area contributed by atoms with Crippen molar-refractivity contribution in [2.75, 3.05) is 10.6 Å². The van der Waals surface area contributed by atoms with Crippen LogP contribution in [0.3, 0.4) is 0 Å². The molecule has 3 N–H and O–H groups in total. The van der Waals surface area contributed by atoms with Crippen molar-refractivity contribution in [2.45, 2.75) is 19.8 Å². The second kappa shape index (κ2) is 8.60. The Labute approximate surface area is 181 Å². The van der Waals surface area contributed by atoms with Gasteiger partial charge < -0.3 is 15.1 Å². The normalized spacial score (nSPS) is 10.8. The van der Waals surface area contributed by atoms with Crippen molar-refractivity contribution in [3.05, 3.63) is 54.3 Å². The van der Waals surface area contributed by atoms with Gasteiger partial charge >= 0.3 is 0 Å². The molecular formula is C21H18N4O3S2. The molecule has 0 fully saturated rings. The average Bonchev–Trinajstić information content (AvgIpc) is 3.31. The summed E-state index contributed by atoms with van der Waals surface area (Å²) < 4.78 is 6.44. The van der Waals surface area contributed by atoms with E-state index in [2.05, 4.69) is 20.9 Å². The quantitative estimate of drug-likeness (QED) is 0.383. The van der Waals surface area contributed by atoms with Crippen molar-refractivity contribution in [1.82, 2.24) is 10.3 Å². The third-order valence-corrected chi connectivity index (χ3v) is 5.38. The number of thiazole rings is 1. The fourth-order valence-electron chi connectivity index (χ4n) is 2.89. The van der Waals surface area contributed by atoms with E-state index in [1.807, 2.05) is 37.3 Å². The lowest BCUT2D eigenvalue weighted by atomic mass is 10.2. The number of hydrogen-bond donors (Lipinski definition) is 3. The summed E-state index contributed by atoms with van der Waals surface area (Å²) in [5, 5.41) is 9.96. The molecule has 2 amide bonds. The van der Waals surface area contributed by atoms with Crippen molar-refractivity contribution in [2.24, 2.45) is 0 Å². The molecule has 7 nitrogen and oxygen atoms in total. The predicted molar refractivity (Wildman–Crippen MR) is 123 cm³/mol. The number of carbonyl (C=O) groups is 2. The van der Waals surface area contributed by atoms with Crippen LogP contribution in [0.2, 0.25) is 0 Å². The van der Waals surface area contributed by atoms with E-state index in [-0.39, 0.29) is 16.8 Å². The predicted octanol–water partition coefficient (Wildman–Crippen LogP) is 4.91. The molecule has 0 aliphatic carbocycles. The number of amides is 2. The molecule has 0 atom stereocenters. The number of para-hydroxylation sites is 1. The maximum atomic E-state index is 12.4. The van der Waals surface area contributed by atoms with Gasteiger partial charge in [-0.2, -0.15) is 0 Å². The summed E-state index contributed by atoms with van der Waals surface area (Å²) in [5.74, 6) is -0.293. The molecule has 2 aromatic carbocycles. The number of thiocarbonyl (C=S) groups is 1. The number of carbonyl (C=O) groups excluding carboxylic acids is 2. The van der Waals surface area contributed by atoms with Gasteiger partial charge in [0.05, 0.1) is 10.2 Å². The SMILES string of the molecule is CCCC(=O)Nc1nc2ccc(NC(=S)NC(=O)c3cc4ccccc4o3)cc2s1. The lowest BCUT2D eigenvalue weighted by molar-refractivity contribution is -0.116. The van der Waals surface area contributed by atoms with Crippen molar-refractivity contribution >= 4 is 72.5 Å². The molecule has 0 spiro atoms. The van der Waals surface area contributed by atoms with Crippen LogP contribution in [-0.4, -0.2) is 21.9 Å². The van der Waals surface area contributed by atoms with Gasteiger partial charge in [0, 0.05) is 17.5 Å². The molecule has 4 aromatic rings. The van der Waals surface area contributed by atoms with Gasteiger partial charge in [-0.05, 0) is 49.0 Å². The zero-order valence-electron chi connectivity index (χ0n) is 16.0. The summed E-state index contributed by atoms with van der Waals surface area (Å²) in [4.78, 5) is 28.6. The first-order valence-electron chi connectivity index (χ1n) is 9.33. The molecule has 0 unspecified atom stereocenters. The number of nitrogens with zero attached hydrogens (tertiary/aromatic N) is 1. The largest absolute Gasteiger partial charge is 0.451 e. The van der Waals surface area contributed by atoms with Gasteiger partial charge in [-0.1, -0.05) is 36.5 Å².